The molecule has 1 aromatic rings. The Kier molecular flexibility index (Phi) is 2.18. The normalized spacial score (nSPS) is 10.7. The van der Waals surface area contributed by atoms with Crippen molar-refractivity contribution in [3.63, 3.8) is 0 Å². The standard InChI is InChI=1S/C8H7NO2S/c1-2-7-5-3-4-6-8(7)12(9,10)11/h1,3-6H,(H2,9,10,11). The van der Waals surface area contributed by atoms with Gasteiger partial charge in [-0.1, -0.05) is 18.1 Å². The van der Waals surface area contributed by atoms with Crippen LogP contribution in [-0.4, -0.2) is 8.42 Å². The zero-order valence-electron chi connectivity index (χ0n) is 6.19. The first-order valence-corrected chi connectivity index (χ1v) is 4.69. The largest absolute Gasteiger partial charge is 0.239 e. The zero-order valence-corrected chi connectivity index (χ0v) is 7.01. The van der Waals surface area contributed by atoms with E-state index in [4.69, 9.17) is 11.6 Å². The van der Waals surface area contributed by atoms with Gasteiger partial charge in [0, 0.05) is 5.56 Å². The van der Waals surface area contributed by atoms with E-state index < -0.39 is 10.0 Å². The van der Waals surface area contributed by atoms with Crippen molar-refractivity contribution in [3.05, 3.63) is 29.8 Å². The van der Waals surface area contributed by atoms with E-state index in [1.807, 2.05) is 0 Å². The van der Waals surface area contributed by atoms with Crippen LogP contribution in [0.25, 0.3) is 0 Å². The Morgan fingerprint density at radius 2 is 1.92 bits per heavy atom. The Morgan fingerprint density at radius 1 is 1.33 bits per heavy atom. The molecule has 0 bridgehead atoms. The van der Waals surface area contributed by atoms with Gasteiger partial charge < -0.3 is 0 Å². The van der Waals surface area contributed by atoms with Gasteiger partial charge in [0.15, 0.2) is 0 Å². The second-order valence-corrected chi connectivity index (χ2v) is 3.72. The average Bonchev–Trinajstić information content (AvgIpc) is 2.03. The Balaban J connectivity index is 3.47. The molecule has 2 N–H and O–H groups in total. The van der Waals surface area contributed by atoms with Gasteiger partial charge in [-0.3, -0.25) is 0 Å². The quantitative estimate of drug-likeness (QED) is 0.634. The molecule has 0 aliphatic heterocycles. The molecule has 0 spiro atoms. The number of rotatable bonds is 1. The van der Waals surface area contributed by atoms with E-state index in [9.17, 15) is 8.42 Å². The number of terminal acetylenes is 1. The number of primary sulfonamides is 1. The van der Waals surface area contributed by atoms with E-state index in [1.54, 1.807) is 12.1 Å². The van der Waals surface area contributed by atoms with Crippen LogP contribution in [0.4, 0.5) is 0 Å². The van der Waals surface area contributed by atoms with Crippen LogP contribution < -0.4 is 5.14 Å². The topological polar surface area (TPSA) is 60.2 Å². The first kappa shape index (κ1) is 8.78. The molecule has 0 aromatic heterocycles. The molecule has 0 atom stereocenters. The van der Waals surface area contributed by atoms with Gasteiger partial charge in [0.25, 0.3) is 0 Å². The average molecular weight is 181 g/mol. The number of hydrogen-bond donors (Lipinski definition) is 1. The minimum atomic E-state index is -3.69. The lowest BCUT2D eigenvalue weighted by molar-refractivity contribution is 0.597. The molecule has 0 saturated carbocycles. The zero-order chi connectivity index (χ0) is 9.19. The van der Waals surface area contributed by atoms with Gasteiger partial charge in [0.1, 0.15) is 0 Å². The van der Waals surface area contributed by atoms with Crippen LogP contribution in [0.3, 0.4) is 0 Å². The maximum absolute atomic E-state index is 10.9. The predicted octanol–water partition coefficient (Wildman–Crippen LogP) is 0.315. The van der Waals surface area contributed by atoms with Crippen molar-refractivity contribution < 1.29 is 8.42 Å². The lowest BCUT2D eigenvalue weighted by Crippen LogP contribution is -2.13. The monoisotopic (exact) mass is 181 g/mol. The Hall–Kier alpha value is -1.31. The van der Waals surface area contributed by atoms with Gasteiger partial charge in [-0.25, -0.2) is 13.6 Å². The van der Waals surface area contributed by atoms with Gasteiger partial charge in [-0.15, -0.1) is 6.42 Å². The minimum Gasteiger partial charge on any atom is -0.225 e. The number of hydrogen-bond acceptors (Lipinski definition) is 2. The fraction of sp³-hybridized carbons (Fsp3) is 0. The van der Waals surface area contributed by atoms with E-state index >= 15 is 0 Å². The Bertz CT molecular complexity index is 429. The third-order valence-electron chi connectivity index (χ3n) is 1.35. The van der Waals surface area contributed by atoms with Crippen molar-refractivity contribution in [2.75, 3.05) is 0 Å². The van der Waals surface area contributed by atoms with E-state index in [-0.39, 0.29) is 4.90 Å². The molecule has 0 radical (unpaired) electrons. The molecule has 1 rings (SSSR count). The first-order chi connectivity index (χ1) is 5.55. The molecule has 4 heteroatoms. The Morgan fingerprint density at radius 3 is 2.33 bits per heavy atom. The van der Waals surface area contributed by atoms with Crippen molar-refractivity contribution in [3.8, 4) is 12.3 Å². The fourth-order valence-electron chi connectivity index (χ4n) is 0.834. The molecule has 0 fully saturated rings. The van der Waals surface area contributed by atoms with Crippen molar-refractivity contribution in [1.29, 1.82) is 0 Å². The maximum atomic E-state index is 10.9. The van der Waals surface area contributed by atoms with Crippen LogP contribution in [0.2, 0.25) is 0 Å². The van der Waals surface area contributed by atoms with E-state index in [0.29, 0.717) is 5.56 Å². The minimum absolute atomic E-state index is 0.00694. The summed E-state index contributed by atoms with van der Waals surface area (Å²) in [7, 11) is -3.69. The van der Waals surface area contributed by atoms with Crippen LogP contribution in [-0.2, 0) is 10.0 Å². The number of sulfonamides is 1. The van der Waals surface area contributed by atoms with Crippen molar-refractivity contribution >= 4 is 10.0 Å². The molecular formula is C8H7NO2S. The summed E-state index contributed by atoms with van der Waals surface area (Å²) in [6.07, 6.45) is 5.08. The molecule has 0 aliphatic carbocycles. The summed E-state index contributed by atoms with van der Waals surface area (Å²) in [6, 6.07) is 6.13. The molecule has 0 saturated heterocycles. The van der Waals surface area contributed by atoms with Gasteiger partial charge in [0.05, 0.1) is 4.90 Å². The second kappa shape index (κ2) is 2.97. The highest BCUT2D eigenvalue weighted by Gasteiger charge is 2.10. The lowest BCUT2D eigenvalue weighted by Gasteiger charge is -1.99. The highest BCUT2D eigenvalue weighted by molar-refractivity contribution is 7.89. The predicted molar refractivity (Wildman–Crippen MR) is 45.8 cm³/mol. The molecule has 1 aromatic carbocycles. The highest BCUT2D eigenvalue weighted by Crippen LogP contribution is 2.11. The molecule has 62 valence electrons. The lowest BCUT2D eigenvalue weighted by atomic mass is 10.2. The van der Waals surface area contributed by atoms with Crippen molar-refractivity contribution in [1.82, 2.24) is 0 Å². The van der Waals surface area contributed by atoms with Gasteiger partial charge in [0.2, 0.25) is 10.0 Å². The second-order valence-electron chi connectivity index (χ2n) is 2.19. The van der Waals surface area contributed by atoms with Crippen molar-refractivity contribution in [2.24, 2.45) is 5.14 Å². The summed E-state index contributed by atoms with van der Waals surface area (Å²) in [4.78, 5) is -0.00694. The summed E-state index contributed by atoms with van der Waals surface area (Å²) >= 11 is 0. The van der Waals surface area contributed by atoms with Gasteiger partial charge >= 0.3 is 0 Å². The third kappa shape index (κ3) is 1.64. The number of nitrogens with two attached hydrogens (primary N) is 1. The van der Waals surface area contributed by atoms with Crippen molar-refractivity contribution in [2.45, 2.75) is 4.90 Å². The summed E-state index contributed by atoms with van der Waals surface area (Å²) in [6.45, 7) is 0. The molecular weight excluding hydrogens is 174 g/mol. The number of benzene rings is 1. The van der Waals surface area contributed by atoms with Crippen LogP contribution in [0.5, 0.6) is 0 Å². The van der Waals surface area contributed by atoms with Gasteiger partial charge in [-0.2, -0.15) is 0 Å². The van der Waals surface area contributed by atoms with E-state index in [0.717, 1.165) is 0 Å². The van der Waals surface area contributed by atoms with Crippen LogP contribution in [0, 0.1) is 12.3 Å². The molecule has 0 unspecified atom stereocenters. The highest BCUT2D eigenvalue weighted by atomic mass is 32.2. The summed E-state index contributed by atoms with van der Waals surface area (Å²) in [5, 5.41) is 4.91. The van der Waals surface area contributed by atoms with E-state index in [1.165, 1.54) is 12.1 Å². The maximum Gasteiger partial charge on any atom is 0.239 e. The van der Waals surface area contributed by atoms with Crippen LogP contribution >= 0.6 is 0 Å². The smallest absolute Gasteiger partial charge is 0.225 e. The third-order valence-corrected chi connectivity index (χ3v) is 2.32. The molecule has 12 heavy (non-hydrogen) atoms. The van der Waals surface area contributed by atoms with Crippen LogP contribution in [0.1, 0.15) is 5.56 Å². The van der Waals surface area contributed by atoms with Crippen LogP contribution in [0.15, 0.2) is 29.2 Å². The SMILES string of the molecule is C#Cc1ccccc1S(N)(=O)=O. The molecule has 0 heterocycles. The first-order valence-electron chi connectivity index (χ1n) is 3.14. The summed E-state index contributed by atoms with van der Waals surface area (Å²) in [5.74, 6) is 2.24. The van der Waals surface area contributed by atoms with E-state index in [2.05, 4.69) is 5.92 Å². The summed E-state index contributed by atoms with van der Waals surface area (Å²) in [5.41, 5.74) is 0.292. The van der Waals surface area contributed by atoms with Gasteiger partial charge in [-0.05, 0) is 12.1 Å². The Labute approximate surface area is 71.3 Å². The summed E-state index contributed by atoms with van der Waals surface area (Å²) < 4.78 is 21.8. The molecule has 3 nitrogen and oxygen atoms in total. The molecule has 0 aliphatic rings. The fourth-order valence-corrected chi connectivity index (χ4v) is 1.54. The molecule has 0 amide bonds.